The number of carbonyl (C=O) groups excluding carboxylic acids is 3. The normalized spacial score (nSPS) is 30.6. The largest absolute Gasteiger partial charge is 0.392 e. The Labute approximate surface area is 224 Å². The third-order valence-corrected chi connectivity index (χ3v) is 10.3. The number of aliphatic hydroxyl groups is 1. The zero-order valence-corrected chi connectivity index (χ0v) is 23.6. The number of likely N-dealkylation sites (N-methyl/N-ethyl adjacent to an activating group) is 1. The Hall–Kier alpha value is -2.26. The van der Waals surface area contributed by atoms with Crippen LogP contribution in [-0.2, 0) is 20.8 Å². The minimum absolute atomic E-state index is 0.000250. The number of aromatic nitrogens is 1. The molecule has 2 heterocycles. The van der Waals surface area contributed by atoms with Gasteiger partial charge < -0.3 is 20.2 Å². The Bertz CT molecular complexity index is 1050. The van der Waals surface area contributed by atoms with E-state index in [4.69, 9.17) is 4.98 Å². The van der Waals surface area contributed by atoms with E-state index in [0.717, 1.165) is 25.0 Å². The first-order valence-electron chi connectivity index (χ1n) is 13.6. The Balaban J connectivity index is 1.47. The van der Waals surface area contributed by atoms with E-state index in [1.807, 2.05) is 6.92 Å². The van der Waals surface area contributed by atoms with Gasteiger partial charge in [0.05, 0.1) is 11.8 Å². The highest BCUT2D eigenvalue weighted by Gasteiger charge is 2.54. The molecule has 1 aliphatic heterocycles. The second kappa shape index (κ2) is 10.8. The number of likely N-dealkylation sites (tertiary alicyclic amines) is 1. The number of hydrogen-bond donors (Lipinski definition) is 2. The summed E-state index contributed by atoms with van der Waals surface area (Å²) in [7, 11) is 1.78. The second-order valence-corrected chi connectivity index (χ2v) is 12.8. The topological polar surface area (TPSA) is 103 Å². The lowest BCUT2D eigenvalue weighted by atomic mass is 9.53. The highest BCUT2D eigenvalue weighted by Crippen LogP contribution is 2.57. The van der Waals surface area contributed by atoms with Crippen LogP contribution in [0.5, 0.6) is 0 Å². The highest BCUT2D eigenvalue weighted by atomic mass is 32.1. The van der Waals surface area contributed by atoms with Crippen LogP contribution in [0.1, 0.15) is 69.9 Å². The van der Waals surface area contributed by atoms with Crippen molar-refractivity contribution in [1.29, 1.82) is 0 Å². The maximum atomic E-state index is 13.0. The summed E-state index contributed by atoms with van der Waals surface area (Å²) in [4.78, 5) is 47.0. The van der Waals surface area contributed by atoms with E-state index in [2.05, 4.69) is 25.7 Å². The van der Waals surface area contributed by atoms with E-state index < -0.39 is 6.10 Å². The maximum Gasteiger partial charge on any atom is 0.229 e. The average Bonchev–Trinajstić information content (AvgIpc) is 3.25. The smallest absolute Gasteiger partial charge is 0.229 e. The number of rotatable bonds is 6. The molecule has 0 bridgehead atoms. The van der Waals surface area contributed by atoms with Gasteiger partial charge in [-0.2, -0.15) is 0 Å². The number of thiazole rings is 1. The summed E-state index contributed by atoms with van der Waals surface area (Å²) in [6.07, 6.45) is 5.04. The summed E-state index contributed by atoms with van der Waals surface area (Å²) in [6.45, 7) is 13.3. The standard InChI is InChI=1S/C28H42N4O4S/c1-7-12-31(6)26(36)16(2)20-8-11-28(5)15-21-23(17(3)22(28)24(20)34)29-27(37-21)30-25(35)19-9-13-32(14-10-19)18(4)33/h7,16-17,19-20,22,24,34H,1,8-15H2,2-6H3,(H,29,30,35)/t16-,17-,20-,22+,24-,28-/m0/s1. The van der Waals surface area contributed by atoms with Crippen molar-refractivity contribution in [3.05, 3.63) is 23.2 Å². The van der Waals surface area contributed by atoms with Gasteiger partial charge in [0.25, 0.3) is 0 Å². The van der Waals surface area contributed by atoms with E-state index in [0.29, 0.717) is 37.6 Å². The quantitative estimate of drug-likeness (QED) is 0.547. The molecule has 0 radical (unpaired) electrons. The molecule has 3 aliphatic rings. The molecule has 2 N–H and O–H groups in total. The van der Waals surface area contributed by atoms with Crippen LogP contribution in [0.15, 0.2) is 12.7 Å². The molecule has 9 heteroatoms. The minimum atomic E-state index is -0.593. The Kier molecular flexibility index (Phi) is 8.14. The minimum Gasteiger partial charge on any atom is -0.392 e. The molecule has 6 atom stereocenters. The number of amides is 3. The third kappa shape index (κ3) is 5.35. The number of nitrogens with one attached hydrogen (secondary N) is 1. The molecule has 4 rings (SSSR count). The zero-order chi connectivity index (χ0) is 27.1. The number of carbonyl (C=O) groups is 3. The molecule has 2 fully saturated rings. The molecule has 2 aliphatic carbocycles. The van der Waals surface area contributed by atoms with E-state index in [1.165, 1.54) is 4.88 Å². The van der Waals surface area contributed by atoms with E-state index in [1.54, 1.807) is 41.2 Å². The Morgan fingerprint density at radius 1 is 1.32 bits per heavy atom. The third-order valence-electron chi connectivity index (χ3n) is 9.27. The molecule has 1 saturated heterocycles. The molecule has 1 aromatic heterocycles. The molecule has 8 nitrogen and oxygen atoms in total. The highest BCUT2D eigenvalue weighted by molar-refractivity contribution is 7.15. The lowest BCUT2D eigenvalue weighted by molar-refractivity contribution is -0.143. The number of aliphatic hydroxyl groups excluding tert-OH is 1. The fourth-order valence-corrected chi connectivity index (χ4v) is 8.35. The van der Waals surface area contributed by atoms with Crippen LogP contribution in [0, 0.1) is 29.1 Å². The van der Waals surface area contributed by atoms with Gasteiger partial charge >= 0.3 is 0 Å². The van der Waals surface area contributed by atoms with Crippen molar-refractivity contribution in [2.24, 2.45) is 29.1 Å². The summed E-state index contributed by atoms with van der Waals surface area (Å²) in [5.74, 6) is -0.373. The van der Waals surface area contributed by atoms with Gasteiger partial charge in [-0.15, -0.1) is 17.9 Å². The molecule has 204 valence electrons. The second-order valence-electron chi connectivity index (χ2n) is 11.7. The van der Waals surface area contributed by atoms with Crippen LogP contribution in [-0.4, -0.2) is 70.4 Å². The first-order chi connectivity index (χ1) is 17.5. The van der Waals surface area contributed by atoms with Crippen LogP contribution in [0.25, 0.3) is 0 Å². The molecule has 1 aromatic rings. The molecule has 0 aromatic carbocycles. The van der Waals surface area contributed by atoms with Crippen molar-refractivity contribution in [2.45, 2.75) is 71.8 Å². The van der Waals surface area contributed by atoms with Gasteiger partial charge in [0, 0.05) is 56.2 Å². The predicted molar refractivity (Wildman–Crippen MR) is 145 cm³/mol. The monoisotopic (exact) mass is 530 g/mol. The van der Waals surface area contributed by atoms with Crippen LogP contribution < -0.4 is 5.32 Å². The van der Waals surface area contributed by atoms with Gasteiger partial charge in [0.2, 0.25) is 17.7 Å². The fraction of sp³-hybridized carbons (Fsp3) is 0.714. The molecule has 0 unspecified atom stereocenters. The van der Waals surface area contributed by atoms with Crippen molar-refractivity contribution < 1.29 is 19.5 Å². The first kappa shape index (κ1) is 27.8. The van der Waals surface area contributed by atoms with Crippen LogP contribution >= 0.6 is 11.3 Å². The molecule has 37 heavy (non-hydrogen) atoms. The maximum absolute atomic E-state index is 13.0. The molecular weight excluding hydrogens is 488 g/mol. The Morgan fingerprint density at radius 3 is 2.62 bits per heavy atom. The van der Waals surface area contributed by atoms with Gasteiger partial charge in [-0.05, 0) is 49.4 Å². The lowest BCUT2D eigenvalue weighted by Crippen LogP contribution is -2.53. The van der Waals surface area contributed by atoms with Crippen molar-refractivity contribution in [3.8, 4) is 0 Å². The average molecular weight is 531 g/mol. The molecule has 1 saturated carbocycles. The fourth-order valence-electron chi connectivity index (χ4n) is 7.08. The van der Waals surface area contributed by atoms with E-state index in [-0.39, 0.29) is 52.7 Å². The summed E-state index contributed by atoms with van der Waals surface area (Å²) < 4.78 is 0. The van der Waals surface area contributed by atoms with Gasteiger partial charge in [0.15, 0.2) is 5.13 Å². The van der Waals surface area contributed by atoms with E-state index >= 15 is 0 Å². The van der Waals surface area contributed by atoms with Gasteiger partial charge in [-0.25, -0.2) is 4.98 Å². The van der Waals surface area contributed by atoms with E-state index in [9.17, 15) is 19.5 Å². The number of hydrogen-bond acceptors (Lipinski definition) is 6. The van der Waals surface area contributed by atoms with Crippen LogP contribution in [0.4, 0.5) is 5.13 Å². The van der Waals surface area contributed by atoms with Crippen molar-refractivity contribution >= 4 is 34.2 Å². The molecule has 0 spiro atoms. The molecule has 3 amide bonds. The van der Waals surface area contributed by atoms with Crippen molar-refractivity contribution in [2.75, 3.05) is 32.0 Å². The number of anilines is 1. The summed E-state index contributed by atoms with van der Waals surface area (Å²) in [5, 5.41) is 15.3. The Morgan fingerprint density at radius 2 is 2.00 bits per heavy atom. The first-order valence-corrected chi connectivity index (χ1v) is 14.4. The lowest BCUT2D eigenvalue weighted by Gasteiger charge is -2.53. The number of fused-ring (bicyclic) bond motifs is 2. The van der Waals surface area contributed by atoms with Crippen LogP contribution in [0.2, 0.25) is 0 Å². The van der Waals surface area contributed by atoms with Crippen molar-refractivity contribution in [3.63, 3.8) is 0 Å². The van der Waals surface area contributed by atoms with Gasteiger partial charge in [0.1, 0.15) is 0 Å². The summed E-state index contributed by atoms with van der Waals surface area (Å²) in [6, 6.07) is 0. The molecular formula is C28H42N4O4S. The number of nitrogens with zero attached hydrogens (tertiary/aromatic N) is 3. The van der Waals surface area contributed by atoms with Crippen LogP contribution in [0.3, 0.4) is 0 Å². The number of piperidine rings is 1. The van der Waals surface area contributed by atoms with Gasteiger partial charge in [-0.3, -0.25) is 14.4 Å². The van der Waals surface area contributed by atoms with Crippen molar-refractivity contribution in [1.82, 2.24) is 14.8 Å². The van der Waals surface area contributed by atoms with Gasteiger partial charge in [-0.1, -0.05) is 26.8 Å². The summed E-state index contributed by atoms with van der Waals surface area (Å²) in [5.41, 5.74) is 0.891. The zero-order valence-electron chi connectivity index (χ0n) is 22.8. The SMILES string of the molecule is C=CCN(C)C(=O)[C@@H](C)[C@@H]1CC[C@@]2(C)Cc3sc(NC(=O)C4CCN(C(C)=O)CC4)nc3[C@@H](C)[C@@H]2[C@H]1O. The predicted octanol–water partition coefficient (Wildman–Crippen LogP) is 3.67. The summed E-state index contributed by atoms with van der Waals surface area (Å²) >= 11 is 1.55.